The van der Waals surface area contributed by atoms with Gasteiger partial charge in [-0.3, -0.25) is 0 Å². The van der Waals surface area contributed by atoms with Crippen LogP contribution in [0.25, 0.3) is 10.4 Å². The van der Waals surface area contributed by atoms with Crippen molar-refractivity contribution in [2.45, 2.75) is 31.1 Å². The second-order valence-electron chi connectivity index (χ2n) is 4.04. The lowest BCUT2D eigenvalue weighted by atomic mass is 10.00. The molecule has 1 aromatic rings. The molecule has 0 aromatic heterocycles. The normalized spacial score (nSPS) is 15.5. The number of nitrogens with zero attached hydrogens (tertiary/aromatic N) is 3. The van der Waals surface area contributed by atoms with Gasteiger partial charge >= 0.3 is 0 Å². The number of rotatable bonds is 7. The SMILES string of the molecule is [N-]=[N+]=N[C@@H](CO)[C@H](O)[C@H](O)CCc1ccccc1. The maximum atomic E-state index is 9.76. The van der Waals surface area contributed by atoms with Crippen LogP contribution in [0.5, 0.6) is 0 Å². The lowest BCUT2D eigenvalue weighted by molar-refractivity contribution is -0.0106. The molecular weight excluding hydrogens is 234 g/mol. The summed E-state index contributed by atoms with van der Waals surface area (Å²) in [5.41, 5.74) is 9.31. The van der Waals surface area contributed by atoms with Crippen LogP contribution in [0.2, 0.25) is 0 Å². The Hall–Kier alpha value is -1.59. The number of aryl methyl sites for hydroxylation is 1. The maximum Gasteiger partial charge on any atom is 0.0906 e. The van der Waals surface area contributed by atoms with E-state index in [1.165, 1.54) is 0 Å². The van der Waals surface area contributed by atoms with Crippen LogP contribution < -0.4 is 0 Å². The van der Waals surface area contributed by atoms with Gasteiger partial charge in [-0.25, -0.2) is 0 Å². The van der Waals surface area contributed by atoms with Crippen LogP contribution in [-0.2, 0) is 6.42 Å². The van der Waals surface area contributed by atoms with Gasteiger partial charge < -0.3 is 15.3 Å². The third kappa shape index (κ3) is 4.35. The van der Waals surface area contributed by atoms with Crippen LogP contribution in [0.4, 0.5) is 0 Å². The highest BCUT2D eigenvalue weighted by molar-refractivity contribution is 5.14. The minimum atomic E-state index is -1.25. The molecule has 1 aromatic carbocycles. The summed E-state index contributed by atoms with van der Waals surface area (Å²) in [6.07, 6.45) is -1.35. The Kier molecular flexibility index (Phi) is 6.18. The fourth-order valence-electron chi connectivity index (χ4n) is 1.67. The summed E-state index contributed by atoms with van der Waals surface area (Å²) in [7, 11) is 0. The highest BCUT2D eigenvalue weighted by atomic mass is 16.3. The van der Waals surface area contributed by atoms with E-state index in [0.717, 1.165) is 5.56 Å². The van der Waals surface area contributed by atoms with E-state index in [0.29, 0.717) is 12.8 Å². The van der Waals surface area contributed by atoms with Gasteiger partial charge in [-0.05, 0) is 23.9 Å². The summed E-state index contributed by atoms with van der Waals surface area (Å²) in [5, 5.41) is 31.6. The van der Waals surface area contributed by atoms with Crippen LogP contribution in [-0.4, -0.2) is 40.2 Å². The zero-order valence-corrected chi connectivity index (χ0v) is 9.92. The summed E-state index contributed by atoms with van der Waals surface area (Å²) in [6.45, 7) is -0.492. The standard InChI is InChI=1S/C12H17N3O3/c13-15-14-10(8-16)12(18)11(17)7-6-9-4-2-1-3-5-9/h1-5,10-12,16-18H,6-8H2/t10-,11+,12-/m0/s1. The molecule has 0 saturated carbocycles. The lowest BCUT2D eigenvalue weighted by Crippen LogP contribution is -2.38. The van der Waals surface area contributed by atoms with Gasteiger partial charge in [0.05, 0.1) is 24.9 Å². The number of benzene rings is 1. The minimum Gasteiger partial charge on any atom is -0.396 e. The van der Waals surface area contributed by atoms with Crippen molar-refractivity contribution < 1.29 is 15.3 Å². The molecule has 98 valence electrons. The van der Waals surface area contributed by atoms with Crippen LogP contribution >= 0.6 is 0 Å². The zero-order valence-electron chi connectivity index (χ0n) is 9.92. The van der Waals surface area contributed by atoms with E-state index in [1.54, 1.807) is 0 Å². The van der Waals surface area contributed by atoms with Gasteiger partial charge in [0.15, 0.2) is 0 Å². The van der Waals surface area contributed by atoms with Gasteiger partial charge in [-0.2, -0.15) is 0 Å². The zero-order chi connectivity index (χ0) is 13.4. The Labute approximate surface area is 105 Å². The Morgan fingerprint density at radius 2 is 1.89 bits per heavy atom. The van der Waals surface area contributed by atoms with Gasteiger partial charge in [-0.1, -0.05) is 35.4 Å². The Morgan fingerprint density at radius 1 is 1.22 bits per heavy atom. The maximum absolute atomic E-state index is 9.76. The second kappa shape index (κ2) is 7.68. The number of hydrogen-bond donors (Lipinski definition) is 3. The van der Waals surface area contributed by atoms with E-state index in [1.807, 2.05) is 30.3 Å². The van der Waals surface area contributed by atoms with E-state index < -0.39 is 24.9 Å². The van der Waals surface area contributed by atoms with Crippen molar-refractivity contribution in [2.24, 2.45) is 5.11 Å². The van der Waals surface area contributed by atoms with Gasteiger partial charge in [0.1, 0.15) is 0 Å². The first kappa shape index (κ1) is 14.5. The molecule has 0 bridgehead atoms. The molecule has 0 fully saturated rings. The number of aliphatic hydroxyl groups is 3. The number of azide groups is 1. The topological polar surface area (TPSA) is 109 Å². The van der Waals surface area contributed by atoms with Crippen molar-refractivity contribution in [3.05, 3.63) is 46.3 Å². The quantitative estimate of drug-likeness (QED) is 0.382. The van der Waals surface area contributed by atoms with Crippen molar-refractivity contribution in [1.82, 2.24) is 0 Å². The summed E-state index contributed by atoms with van der Waals surface area (Å²) in [5.74, 6) is 0. The monoisotopic (exact) mass is 251 g/mol. The molecule has 6 heteroatoms. The van der Waals surface area contributed by atoms with Gasteiger partial charge in [0, 0.05) is 4.91 Å². The predicted octanol–water partition coefficient (Wildman–Crippen LogP) is 1.01. The summed E-state index contributed by atoms with van der Waals surface area (Å²) in [4.78, 5) is 2.52. The average molecular weight is 251 g/mol. The minimum absolute atomic E-state index is 0.336. The molecule has 3 N–H and O–H groups in total. The van der Waals surface area contributed by atoms with Crippen molar-refractivity contribution in [3.63, 3.8) is 0 Å². The first-order chi connectivity index (χ1) is 8.69. The third-order valence-electron chi connectivity index (χ3n) is 2.75. The molecular formula is C12H17N3O3. The molecule has 6 nitrogen and oxygen atoms in total. The Bertz CT molecular complexity index is 393. The smallest absolute Gasteiger partial charge is 0.0906 e. The van der Waals surface area contributed by atoms with E-state index in [4.69, 9.17) is 10.6 Å². The molecule has 0 aliphatic heterocycles. The molecule has 0 aliphatic rings. The van der Waals surface area contributed by atoms with Crippen molar-refractivity contribution in [1.29, 1.82) is 0 Å². The lowest BCUT2D eigenvalue weighted by Gasteiger charge is -2.21. The molecule has 18 heavy (non-hydrogen) atoms. The second-order valence-corrected chi connectivity index (χ2v) is 4.04. The molecule has 0 aliphatic carbocycles. The molecule has 1 rings (SSSR count). The van der Waals surface area contributed by atoms with E-state index in [2.05, 4.69) is 10.0 Å². The summed E-state index contributed by atoms with van der Waals surface area (Å²) in [6, 6.07) is 8.54. The summed E-state index contributed by atoms with van der Waals surface area (Å²) < 4.78 is 0. The largest absolute Gasteiger partial charge is 0.396 e. The van der Waals surface area contributed by atoms with E-state index in [-0.39, 0.29) is 0 Å². The molecule has 0 amide bonds. The van der Waals surface area contributed by atoms with E-state index >= 15 is 0 Å². The van der Waals surface area contributed by atoms with E-state index in [9.17, 15) is 10.2 Å². The Balaban J connectivity index is 2.49. The molecule has 3 atom stereocenters. The molecule has 0 heterocycles. The molecule has 0 unspecified atom stereocenters. The first-order valence-electron chi connectivity index (χ1n) is 5.74. The van der Waals surface area contributed by atoms with Crippen molar-refractivity contribution in [3.8, 4) is 0 Å². The van der Waals surface area contributed by atoms with Crippen molar-refractivity contribution >= 4 is 0 Å². The Morgan fingerprint density at radius 3 is 2.44 bits per heavy atom. The molecule has 0 saturated heterocycles. The summed E-state index contributed by atoms with van der Waals surface area (Å²) >= 11 is 0. The van der Waals surface area contributed by atoms with Crippen molar-refractivity contribution in [2.75, 3.05) is 6.61 Å². The highest BCUT2D eigenvalue weighted by Crippen LogP contribution is 2.11. The van der Waals surface area contributed by atoms with Crippen LogP contribution in [0, 0.1) is 0 Å². The van der Waals surface area contributed by atoms with Crippen LogP contribution in [0.3, 0.4) is 0 Å². The highest BCUT2D eigenvalue weighted by Gasteiger charge is 2.24. The number of hydrogen-bond acceptors (Lipinski definition) is 4. The molecule has 0 radical (unpaired) electrons. The fraction of sp³-hybridized carbons (Fsp3) is 0.500. The third-order valence-corrected chi connectivity index (χ3v) is 2.75. The van der Waals surface area contributed by atoms with Gasteiger partial charge in [0.25, 0.3) is 0 Å². The average Bonchev–Trinajstić information content (AvgIpc) is 2.42. The van der Waals surface area contributed by atoms with Crippen LogP contribution in [0.1, 0.15) is 12.0 Å². The number of aliphatic hydroxyl groups excluding tert-OH is 3. The fourth-order valence-corrected chi connectivity index (χ4v) is 1.67. The van der Waals surface area contributed by atoms with Gasteiger partial charge in [-0.15, -0.1) is 0 Å². The first-order valence-corrected chi connectivity index (χ1v) is 5.74. The van der Waals surface area contributed by atoms with Crippen LogP contribution in [0.15, 0.2) is 35.4 Å². The van der Waals surface area contributed by atoms with Gasteiger partial charge in [0.2, 0.25) is 0 Å². The molecule has 0 spiro atoms. The predicted molar refractivity (Wildman–Crippen MR) is 66.8 cm³/mol.